The molecule has 2 aromatic rings. The summed E-state index contributed by atoms with van der Waals surface area (Å²) in [6, 6.07) is 13.5. The lowest BCUT2D eigenvalue weighted by Crippen LogP contribution is -2.14. The van der Waals surface area contributed by atoms with Crippen LogP contribution in [0.25, 0.3) is 0 Å². The summed E-state index contributed by atoms with van der Waals surface area (Å²) >= 11 is 9.07. The third kappa shape index (κ3) is 4.72. The van der Waals surface area contributed by atoms with Gasteiger partial charge in [-0.25, -0.2) is 4.79 Å². The van der Waals surface area contributed by atoms with Gasteiger partial charge < -0.3 is 4.74 Å². The minimum absolute atomic E-state index is 0.227. The highest BCUT2D eigenvalue weighted by Crippen LogP contribution is 2.27. The maximum absolute atomic E-state index is 12.6. The molecule has 7 heteroatoms. The first kappa shape index (κ1) is 18.3. The fourth-order valence-corrected chi connectivity index (χ4v) is 2.29. The summed E-state index contributed by atoms with van der Waals surface area (Å²) in [6.45, 7) is 1.94. The number of rotatable bonds is 6. The highest BCUT2D eigenvalue weighted by Gasteiger charge is 2.17. The van der Waals surface area contributed by atoms with Crippen LogP contribution >= 0.6 is 27.5 Å². The molecule has 0 heterocycles. The third-order valence-electron chi connectivity index (χ3n) is 2.99. The predicted octanol–water partition coefficient (Wildman–Crippen LogP) is 4.94. The molecule has 0 saturated carbocycles. The van der Waals surface area contributed by atoms with Gasteiger partial charge in [-0.05, 0) is 41.1 Å². The quantitative estimate of drug-likeness (QED) is 0.223. The second-order valence-corrected chi connectivity index (χ2v) is 5.96. The Morgan fingerprint density at radius 3 is 2.58 bits per heavy atom. The molecule has 2 rings (SSSR count). The van der Waals surface area contributed by atoms with Crippen molar-refractivity contribution in [3.8, 4) is 0 Å². The average molecular weight is 410 g/mol. The van der Waals surface area contributed by atoms with E-state index in [-0.39, 0.29) is 12.4 Å². The Hall–Kier alpha value is -2.05. The lowest BCUT2D eigenvalue weighted by atomic mass is 10.0. The Morgan fingerprint density at radius 1 is 1.21 bits per heavy atom. The molecule has 0 fully saturated rings. The highest BCUT2D eigenvalue weighted by molar-refractivity contribution is 9.10. The van der Waals surface area contributed by atoms with Gasteiger partial charge in [-0.1, -0.05) is 41.9 Å². The molecule has 2 aromatic carbocycles. The Bertz CT molecular complexity index is 766. The zero-order valence-corrected chi connectivity index (χ0v) is 15.1. The van der Waals surface area contributed by atoms with Gasteiger partial charge in [0.05, 0.1) is 17.9 Å². The van der Waals surface area contributed by atoms with Gasteiger partial charge in [0, 0.05) is 10.6 Å². The van der Waals surface area contributed by atoms with Gasteiger partial charge in [0.15, 0.2) is 5.78 Å². The molecule has 0 radical (unpaired) electrons. The molecule has 1 atom stereocenters. The highest BCUT2D eigenvalue weighted by atomic mass is 79.9. The molecule has 0 amide bonds. The number of halogens is 2. The van der Waals surface area contributed by atoms with Crippen LogP contribution in [0.1, 0.15) is 22.8 Å². The number of azo groups is 1. The van der Waals surface area contributed by atoms with E-state index in [0.717, 1.165) is 0 Å². The zero-order valence-electron chi connectivity index (χ0n) is 12.8. The number of benzene rings is 2. The smallest absolute Gasteiger partial charge is 0.343 e. The summed E-state index contributed by atoms with van der Waals surface area (Å²) in [5.41, 5.74) is 1.14. The number of ether oxygens (including phenoxy) is 1. The van der Waals surface area contributed by atoms with Crippen LogP contribution in [-0.4, -0.2) is 23.3 Å². The molecule has 24 heavy (non-hydrogen) atoms. The number of carbonyl (C=O) groups is 2. The van der Waals surface area contributed by atoms with Crippen molar-refractivity contribution in [3.63, 3.8) is 0 Å². The normalized spacial score (nSPS) is 12.1. The standard InChI is InChI=1S/C17H14BrClN2O3/c1-2-24-17(23)16(18)21-20-14-9-8-12(19)10-13(14)15(22)11-6-4-3-5-7-11/h3-10,16H,2H2,1H3. The van der Waals surface area contributed by atoms with Gasteiger partial charge >= 0.3 is 5.97 Å². The summed E-state index contributed by atoms with van der Waals surface area (Å²) in [4.78, 5) is 23.2. The predicted molar refractivity (Wildman–Crippen MR) is 95.2 cm³/mol. The molecular weight excluding hydrogens is 396 g/mol. The molecule has 0 aliphatic carbocycles. The van der Waals surface area contributed by atoms with E-state index in [1.807, 2.05) is 6.07 Å². The molecule has 0 aliphatic heterocycles. The summed E-state index contributed by atoms with van der Waals surface area (Å²) in [5.74, 6) is -0.777. The van der Waals surface area contributed by atoms with E-state index in [1.54, 1.807) is 43.3 Å². The summed E-state index contributed by atoms with van der Waals surface area (Å²) in [6.07, 6.45) is 0. The van der Waals surface area contributed by atoms with Crippen LogP contribution in [0.2, 0.25) is 5.02 Å². The second-order valence-electron chi connectivity index (χ2n) is 4.66. The Balaban J connectivity index is 2.31. The number of nitrogens with zero attached hydrogens (tertiary/aromatic N) is 2. The molecule has 0 spiro atoms. The van der Waals surface area contributed by atoms with Crippen LogP contribution in [-0.2, 0) is 9.53 Å². The van der Waals surface area contributed by atoms with Crippen molar-refractivity contribution in [2.45, 2.75) is 11.9 Å². The van der Waals surface area contributed by atoms with Crippen molar-refractivity contribution in [2.24, 2.45) is 10.2 Å². The van der Waals surface area contributed by atoms with Gasteiger partial charge in [0.2, 0.25) is 4.95 Å². The fraction of sp³-hybridized carbons (Fsp3) is 0.176. The molecule has 1 unspecified atom stereocenters. The first-order valence-corrected chi connectivity index (χ1v) is 8.43. The zero-order chi connectivity index (χ0) is 17.5. The van der Waals surface area contributed by atoms with Crippen LogP contribution in [0.15, 0.2) is 58.8 Å². The lowest BCUT2D eigenvalue weighted by molar-refractivity contribution is -0.142. The van der Waals surface area contributed by atoms with Crippen LogP contribution in [0, 0.1) is 0 Å². The largest absolute Gasteiger partial charge is 0.464 e. The number of ketones is 1. The number of alkyl halides is 1. The molecule has 0 aliphatic rings. The fourth-order valence-electron chi connectivity index (χ4n) is 1.89. The number of hydrogen-bond donors (Lipinski definition) is 0. The van der Waals surface area contributed by atoms with Crippen molar-refractivity contribution >= 4 is 45.0 Å². The topological polar surface area (TPSA) is 68.1 Å². The lowest BCUT2D eigenvalue weighted by Gasteiger charge is -2.06. The van der Waals surface area contributed by atoms with E-state index >= 15 is 0 Å². The molecule has 0 bridgehead atoms. The van der Waals surface area contributed by atoms with Gasteiger partial charge in [-0.2, -0.15) is 10.2 Å². The van der Waals surface area contributed by atoms with Crippen molar-refractivity contribution < 1.29 is 14.3 Å². The minimum atomic E-state index is -0.937. The Morgan fingerprint density at radius 2 is 1.92 bits per heavy atom. The van der Waals surface area contributed by atoms with E-state index in [0.29, 0.717) is 21.8 Å². The summed E-state index contributed by atoms with van der Waals surface area (Å²) in [7, 11) is 0. The van der Waals surface area contributed by atoms with Crippen molar-refractivity contribution in [1.29, 1.82) is 0 Å². The first-order valence-electron chi connectivity index (χ1n) is 7.13. The van der Waals surface area contributed by atoms with E-state index in [1.165, 1.54) is 6.07 Å². The Labute approximate surface area is 152 Å². The number of carbonyl (C=O) groups excluding carboxylic acids is 2. The number of hydrogen-bond acceptors (Lipinski definition) is 5. The van der Waals surface area contributed by atoms with E-state index in [2.05, 4.69) is 26.2 Å². The van der Waals surface area contributed by atoms with Crippen molar-refractivity contribution in [1.82, 2.24) is 0 Å². The minimum Gasteiger partial charge on any atom is -0.464 e. The molecular formula is C17H14BrClN2O3. The van der Waals surface area contributed by atoms with E-state index in [9.17, 15) is 9.59 Å². The molecule has 124 valence electrons. The number of esters is 1. The molecule has 0 aromatic heterocycles. The Kier molecular flexibility index (Phi) is 6.63. The van der Waals surface area contributed by atoms with Crippen LogP contribution < -0.4 is 0 Å². The van der Waals surface area contributed by atoms with Gasteiger partial charge in [0.1, 0.15) is 0 Å². The molecule has 0 saturated heterocycles. The average Bonchev–Trinajstić information content (AvgIpc) is 2.60. The van der Waals surface area contributed by atoms with Crippen LogP contribution in [0.4, 0.5) is 5.69 Å². The second kappa shape index (κ2) is 8.70. The maximum atomic E-state index is 12.6. The monoisotopic (exact) mass is 408 g/mol. The summed E-state index contributed by atoms with van der Waals surface area (Å²) in [5, 5.41) is 8.26. The van der Waals surface area contributed by atoms with E-state index in [4.69, 9.17) is 16.3 Å². The van der Waals surface area contributed by atoms with Gasteiger partial charge in [-0.3, -0.25) is 4.79 Å². The van der Waals surface area contributed by atoms with Crippen molar-refractivity contribution in [3.05, 3.63) is 64.7 Å². The first-order chi connectivity index (χ1) is 11.5. The van der Waals surface area contributed by atoms with Gasteiger partial charge in [-0.15, -0.1) is 0 Å². The van der Waals surface area contributed by atoms with E-state index < -0.39 is 10.9 Å². The summed E-state index contributed by atoms with van der Waals surface area (Å²) < 4.78 is 4.83. The van der Waals surface area contributed by atoms with Gasteiger partial charge in [0.25, 0.3) is 0 Å². The maximum Gasteiger partial charge on any atom is 0.343 e. The third-order valence-corrected chi connectivity index (χ3v) is 3.78. The van der Waals surface area contributed by atoms with Crippen molar-refractivity contribution in [2.75, 3.05) is 6.61 Å². The van der Waals surface area contributed by atoms with Crippen LogP contribution in [0.5, 0.6) is 0 Å². The SMILES string of the molecule is CCOC(=O)C(Br)N=Nc1ccc(Cl)cc1C(=O)c1ccccc1. The molecule has 5 nitrogen and oxygen atoms in total. The van der Waals surface area contributed by atoms with Crippen LogP contribution in [0.3, 0.4) is 0 Å². The molecule has 0 N–H and O–H groups in total.